The van der Waals surface area contributed by atoms with Crippen LogP contribution in [0.2, 0.25) is 0 Å². The molecule has 0 aliphatic carbocycles. The van der Waals surface area contributed by atoms with E-state index in [1.807, 2.05) is 37.3 Å². The molecule has 1 unspecified atom stereocenters. The van der Waals surface area contributed by atoms with E-state index in [9.17, 15) is 0 Å². The average Bonchev–Trinajstić information content (AvgIpc) is 2.40. The Balaban J connectivity index is 2.09. The maximum absolute atomic E-state index is 5.69. The fourth-order valence-corrected chi connectivity index (χ4v) is 1.87. The molecule has 2 rings (SSSR count). The molecule has 0 saturated carbocycles. The van der Waals surface area contributed by atoms with Crippen molar-refractivity contribution >= 4 is 33.3 Å². The van der Waals surface area contributed by atoms with Crippen LogP contribution in [0.15, 0.2) is 41.1 Å². The summed E-state index contributed by atoms with van der Waals surface area (Å²) in [4.78, 5) is 8.33. The number of rotatable bonds is 5. The minimum Gasteiger partial charge on any atom is -0.368 e. The lowest BCUT2D eigenvalue weighted by molar-refractivity contribution is 0.777. The van der Waals surface area contributed by atoms with Crippen molar-refractivity contribution in [1.29, 1.82) is 0 Å². The predicted octanol–water partition coefficient (Wildman–Crippen LogP) is 2.74. The van der Waals surface area contributed by atoms with Crippen LogP contribution in [0.1, 0.15) is 6.92 Å². The summed E-state index contributed by atoms with van der Waals surface area (Å²) < 4.78 is 0.985. The number of halogens is 1. The first kappa shape index (κ1) is 13.8. The molecule has 0 saturated heterocycles. The molecule has 1 heterocycles. The third-order valence-electron chi connectivity index (χ3n) is 2.41. The van der Waals surface area contributed by atoms with Crippen molar-refractivity contribution in [1.82, 2.24) is 9.97 Å². The van der Waals surface area contributed by atoms with E-state index in [0.717, 1.165) is 21.8 Å². The first-order chi connectivity index (χ1) is 9.15. The van der Waals surface area contributed by atoms with E-state index in [-0.39, 0.29) is 6.04 Å². The van der Waals surface area contributed by atoms with Gasteiger partial charge in [-0.25, -0.2) is 9.97 Å². The Morgan fingerprint density at radius 3 is 2.74 bits per heavy atom. The number of para-hydroxylation sites is 1. The lowest BCUT2D eigenvalue weighted by Gasteiger charge is -2.10. The summed E-state index contributed by atoms with van der Waals surface area (Å²) in [6, 6.07) is 9.80. The molecular formula is C13H16BrN5. The minimum atomic E-state index is 0.0784. The van der Waals surface area contributed by atoms with Crippen molar-refractivity contribution in [3.05, 3.63) is 41.1 Å². The number of nitrogens with one attached hydrogen (secondary N) is 2. The molecule has 2 aromatic rings. The van der Waals surface area contributed by atoms with Gasteiger partial charge in [0, 0.05) is 23.1 Å². The second-order valence-electron chi connectivity index (χ2n) is 4.25. The zero-order valence-corrected chi connectivity index (χ0v) is 12.2. The third kappa shape index (κ3) is 4.18. The number of anilines is 3. The molecule has 1 aromatic carbocycles. The molecule has 1 aromatic heterocycles. The maximum Gasteiger partial charge on any atom is 0.135 e. The van der Waals surface area contributed by atoms with Crippen molar-refractivity contribution in [3.8, 4) is 0 Å². The summed E-state index contributed by atoms with van der Waals surface area (Å²) in [6.07, 6.45) is 1.52. The zero-order chi connectivity index (χ0) is 13.7. The van der Waals surface area contributed by atoms with Gasteiger partial charge >= 0.3 is 0 Å². The number of hydrogen-bond donors (Lipinski definition) is 3. The van der Waals surface area contributed by atoms with Crippen LogP contribution in [0, 0.1) is 0 Å². The van der Waals surface area contributed by atoms with Gasteiger partial charge in [0.05, 0.1) is 5.69 Å². The fourth-order valence-electron chi connectivity index (χ4n) is 1.49. The van der Waals surface area contributed by atoms with E-state index in [1.54, 1.807) is 0 Å². The topological polar surface area (TPSA) is 75.9 Å². The normalized spacial score (nSPS) is 11.9. The quantitative estimate of drug-likeness (QED) is 0.789. The Hall–Kier alpha value is -1.66. The number of aromatic nitrogens is 2. The molecule has 100 valence electrons. The predicted molar refractivity (Wildman–Crippen MR) is 81.6 cm³/mol. The summed E-state index contributed by atoms with van der Waals surface area (Å²) in [5, 5.41) is 6.39. The van der Waals surface area contributed by atoms with Crippen LogP contribution in [-0.4, -0.2) is 22.6 Å². The molecular weight excluding hydrogens is 306 g/mol. The van der Waals surface area contributed by atoms with E-state index < -0.39 is 0 Å². The number of nitrogens with zero attached hydrogens (tertiary/aromatic N) is 2. The van der Waals surface area contributed by atoms with Gasteiger partial charge in [0.1, 0.15) is 18.0 Å². The summed E-state index contributed by atoms with van der Waals surface area (Å²) in [7, 11) is 0. The Kier molecular flexibility index (Phi) is 4.70. The van der Waals surface area contributed by atoms with Crippen LogP contribution in [0.5, 0.6) is 0 Å². The Morgan fingerprint density at radius 2 is 2.00 bits per heavy atom. The van der Waals surface area contributed by atoms with Gasteiger partial charge in [0.25, 0.3) is 0 Å². The van der Waals surface area contributed by atoms with E-state index in [4.69, 9.17) is 5.73 Å². The number of nitrogens with two attached hydrogens (primary N) is 1. The average molecular weight is 322 g/mol. The minimum absolute atomic E-state index is 0.0784. The highest BCUT2D eigenvalue weighted by Gasteiger charge is 2.02. The highest BCUT2D eigenvalue weighted by molar-refractivity contribution is 9.10. The molecule has 19 heavy (non-hydrogen) atoms. The summed E-state index contributed by atoms with van der Waals surface area (Å²) in [5.74, 6) is 1.48. The van der Waals surface area contributed by atoms with Crippen LogP contribution in [0.4, 0.5) is 17.3 Å². The standard InChI is InChI=1S/C13H16BrN5/c1-9(15)7-16-12-6-13(18-8-17-12)19-11-5-3-2-4-10(11)14/h2-6,8-9H,7,15H2,1H3,(H2,16,17,18,19). The highest BCUT2D eigenvalue weighted by Crippen LogP contribution is 2.24. The molecule has 0 amide bonds. The van der Waals surface area contributed by atoms with E-state index >= 15 is 0 Å². The molecule has 0 bridgehead atoms. The Labute approximate surface area is 120 Å². The van der Waals surface area contributed by atoms with E-state index in [0.29, 0.717) is 6.54 Å². The first-order valence-electron chi connectivity index (χ1n) is 5.98. The molecule has 0 aliphatic rings. The second kappa shape index (κ2) is 6.49. The van der Waals surface area contributed by atoms with Crippen LogP contribution in [0.3, 0.4) is 0 Å². The van der Waals surface area contributed by atoms with Gasteiger partial charge in [-0.3, -0.25) is 0 Å². The molecule has 6 heteroatoms. The van der Waals surface area contributed by atoms with Gasteiger partial charge in [0.2, 0.25) is 0 Å². The third-order valence-corrected chi connectivity index (χ3v) is 3.10. The van der Waals surface area contributed by atoms with Crippen molar-refractivity contribution in [2.24, 2.45) is 5.73 Å². The zero-order valence-electron chi connectivity index (χ0n) is 10.6. The monoisotopic (exact) mass is 321 g/mol. The summed E-state index contributed by atoms with van der Waals surface area (Å²) >= 11 is 3.48. The van der Waals surface area contributed by atoms with Crippen LogP contribution >= 0.6 is 15.9 Å². The SMILES string of the molecule is CC(N)CNc1cc(Nc2ccccc2Br)ncn1. The number of benzene rings is 1. The van der Waals surface area contributed by atoms with E-state index in [1.165, 1.54) is 6.33 Å². The highest BCUT2D eigenvalue weighted by atomic mass is 79.9. The van der Waals surface area contributed by atoms with Crippen LogP contribution in [-0.2, 0) is 0 Å². The van der Waals surface area contributed by atoms with Crippen LogP contribution < -0.4 is 16.4 Å². The summed E-state index contributed by atoms with van der Waals surface area (Å²) in [5.41, 5.74) is 6.65. The van der Waals surface area contributed by atoms with Gasteiger partial charge in [-0.05, 0) is 35.0 Å². The molecule has 5 nitrogen and oxygen atoms in total. The van der Waals surface area contributed by atoms with Gasteiger partial charge in [-0.15, -0.1) is 0 Å². The molecule has 4 N–H and O–H groups in total. The molecule has 0 aliphatic heterocycles. The Bertz CT molecular complexity index is 544. The van der Waals surface area contributed by atoms with Crippen molar-refractivity contribution in [3.63, 3.8) is 0 Å². The van der Waals surface area contributed by atoms with Crippen molar-refractivity contribution in [2.45, 2.75) is 13.0 Å². The summed E-state index contributed by atoms with van der Waals surface area (Å²) in [6.45, 7) is 2.61. The second-order valence-corrected chi connectivity index (χ2v) is 5.11. The lowest BCUT2D eigenvalue weighted by Crippen LogP contribution is -2.25. The first-order valence-corrected chi connectivity index (χ1v) is 6.77. The molecule has 0 spiro atoms. The maximum atomic E-state index is 5.69. The molecule has 0 fully saturated rings. The van der Waals surface area contributed by atoms with Crippen molar-refractivity contribution < 1.29 is 0 Å². The smallest absolute Gasteiger partial charge is 0.135 e. The van der Waals surface area contributed by atoms with Gasteiger partial charge < -0.3 is 16.4 Å². The lowest BCUT2D eigenvalue weighted by atomic mass is 10.3. The fraction of sp³-hybridized carbons (Fsp3) is 0.231. The van der Waals surface area contributed by atoms with E-state index in [2.05, 4.69) is 36.5 Å². The van der Waals surface area contributed by atoms with Crippen LogP contribution in [0.25, 0.3) is 0 Å². The molecule has 1 atom stereocenters. The molecule has 0 radical (unpaired) electrons. The van der Waals surface area contributed by atoms with Gasteiger partial charge in [-0.1, -0.05) is 12.1 Å². The largest absolute Gasteiger partial charge is 0.368 e. The number of hydrogen-bond acceptors (Lipinski definition) is 5. The van der Waals surface area contributed by atoms with Gasteiger partial charge in [0.15, 0.2) is 0 Å². The van der Waals surface area contributed by atoms with Gasteiger partial charge in [-0.2, -0.15) is 0 Å². The van der Waals surface area contributed by atoms with Crippen molar-refractivity contribution in [2.75, 3.05) is 17.2 Å². The Morgan fingerprint density at radius 1 is 1.26 bits per heavy atom.